The maximum atomic E-state index is 12.9. The second-order valence-electron chi connectivity index (χ2n) is 20.9. The first-order valence-corrected chi connectivity index (χ1v) is 30.9. The predicted molar refractivity (Wildman–Crippen MR) is 281 cm³/mol. The second kappa shape index (κ2) is 47.1. The first-order chi connectivity index (χ1) is 33.5. The molecule has 0 aromatic carbocycles. The number of aliphatic hydroxyl groups excluding tert-OH is 5. The van der Waals surface area contributed by atoms with Crippen LogP contribution in [0.1, 0.15) is 290 Å². The number of carbonyl (C=O) groups excluding carboxylic acids is 1. The standard InChI is InChI=1S/C56H111O12P/c1-3-5-7-9-11-13-15-17-19-21-23-25-27-29-31-33-35-37-39-41-43-45-50(57)67-49(48-66-69(63,64)68-56-54(61)52(59)51(58)53(60)55(56)62)47-65-46-44-42-40-38-36-34-32-30-28-26-24-22-20-18-16-14-12-10-8-6-4-2/h49,51-56,58-62H,3-48H2,1-2H3,(H,63,64). The Bertz CT molecular complexity index is 1150. The highest BCUT2D eigenvalue weighted by Gasteiger charge is 2.51. The monoisotopic (exact) mass is 1010 g/mol. The molecule has 1 aliphatic carbocycles. The number of phosphoric ester groups is 1. The van der Waals surface area contributed by atoms with E-state index in [4.69, 9.17) is 18.5 Å². The van der Waals surface area contributed by atoms with Crippen LogP contribution in [0.4, 0.5) is 0 Å². The Morgan fingerprint density at radius 2 is 0.681 bits per heavy atom. The smallest absolute Gasteiger partial charge is 0.457 e. The van der Waals surface area contributed by atoms with E-state index in [1.807, 2.05) is 0 Å². The highest BCUT2D eigenvalue weighted by molar-refractivity contribution is 7.47. The molecule has 0 aliphatic heterocycles. The molecule has 6 unspecified atom stereocenters. The topological polar surface area (TPSA) is 192 Å². The van der Waals surface area contributed by atoms with E-state index in [9.17, 15) is 39.8 Å². The maximum Gasteiger partial charge on any atom is 0.472 e. The van der Waals surface area contributed by atoms with Gasteiger partial charge in [-0.15, -0.1) is 0 Å². The third kappa shape index (κ3) is 38.6. The van der Waals surface area contributed by atoms with Crippen molar-refractivity contribution >= 4 is 13.8 Å². The molecule has 0 bridgehead atoms. The molecule has 412 valence electrons. The average Bonchev–Trinajstić information content (AvgIpc) is 3.34. The van der Waals surface area contributed by atoms with Gasteiger partial charge in [-0.05, 0) is 12.8 Å². The zero-order valence-electron chi connectivity index (χ0n) is 44.6. The van der Waals surface area contributed by atoms with Crippen molar-refractivity contribution in [3.8, 4) is 0 Å². The van der Waals surface area contributed by atoms with Crippen LogP contribution >= 0.6 is 7.82 Å². The molecule has 1 aliphatic rings. The fraction of sp³-hybridized carbons (Fsp3) is 0.982. The fourth-order valence-electron chi connectivity index (χ4n) is 9.60. The number of hydrogen-bond donors (Lipinski definition) is 6. The largest absolute Gasteiger partial charge is 0.472 e. The Morgan fingerprint density at radius 1 is 0.406 bits per heavy atom. The number of unbranched alkanes of at least 4 members (excludes halogenated alkanes) is 40. The van der Waals surface area contributed by atoms with Gasteiger partial charge in [0.05, 0.1) is 13.2 Å². The van der Waals surface area contributed by atoms with Crippen molar-refractivity contribution in [1.29, 1.82) is 0 Å². The van der Waals surface area contributed by atoms with Crippen molar-refractivity contribution in [2.24, 2.45) is 0 Å². The molecular formula is C56H111O12P. The van der Waals surface area contributed by atoms with E-state index >= 15 is 0 Å². The SMILES string of the molecule is CCCCCCCCCCCCCCCCCCCCCCCOCC(COP(=O)(O)OC1C(O)C(O)C(O)C(O)C1O)OC(=O)CCCCCCCCCCCCCCCCCCCCCCC. The van der Waals surface area contributed by atoms with E-state index in [2.05, 4.69) is 13.8 Å². The molecule has 0 radical (unpaired) electrons. The number of ether oxygens (including phenoxy) is 2. The van der Waals surface area contributed by atoms with E-state index in [0.29, 0.717) is 13.0 Å². The van der Waals surface area contributed by atoms with Gasteiger partial charge in [0.15, 0.2) is 0 Å². The third-order valence-electron chi connectivity index (χ3n) is 14.2. The average molecular weight is 1010 g/mol. The number of phosphoric acid groups is 1. The van der Waals surface area contributed by atoms with Crippen molar-refractivity contribution < 1.29 is 58.3 Å². The molecule has 13 heteroatoms. The third-order valence-corrected chi connectivity index (χ3v) is 15.2. The van der Waals surface area contributed by atoms with Gasteiger partial charge in [0.2, 0.25) is 0 Å². The summed E-state index contributed by atoms with van der Waals surface area (Å²) in [5.74, 6) is -0.467. The number of hydrogen-bond acceptors (Lipinski definition) is 11. The first-order valence-electron chi connectivity index (χ1n) is 29.4. The van der Waals surface area contributed by atoms with Gasteiger partial charge in [0.25, 0.3) is 0 Å². The Balaban J connectivity index is 2.25. The Kier molecular flexibility index (Phi) is 45.3. The van der Waals surface area contributed by atoms with Crippen molar-refractivity contribution in [2.75, 3.05) is 19.8 Å². The summed E-state index contributed by atoms with van der Waals surface area (Å²) in [7, 11) is -5.02. The summed E-state index contributed by atoms with van der Waals surface area (Å²) in [5.41, 5.74) is 0. The molecule has 1 fully saturated rings. The van der Waals surface area contributed by atoms with E-state index in [1.54, 1.807) is 0 Å². The van der Waals surface area contributed by atoms with Crippen molar-refractivity contribution in [2.45, 2.75) is 333 Å². The zero-order valence-corrected chi connectivity index (χ0v) is 45.5. The molecule has 0 saturated heterocycles. The minimum absolute atomic E-state index is 0.0669. The van der Waals surface area contributed by atoms with Crippen LogP contribution in [0.5, 0.6) is 0 Å². The van der Waals surface area contributed by atoms with Crippen LogP contribution in [0.3, 0.4) is 0 Å². The van der Waals surface area contributed by atoms with Gasteiger partial charge < -0.3 is 39.9 Å². The number of rotatable bonds is 52. The summed E-state index contributed by atoms with van der Waals surface area (Å²) in [4.78, 5) is 23.3. The van der Waals surface area contributed by atoms with Crippen LogP contribution < -0.4 is 0 Å². The van der Waals surface area contributed by atoms with Crippen molar-refractivity contribution in [3.05, 3.63) is 0 Å². The molecule has 0 heterocycles. The number of aliphatic hydroxyl groups is 5. The summed E-state index contributed by atoms with van der Waals surface area (Å²) < 4.78 is 34.4. The number of esters is 1. The first kappa shape index (κ1) is 66.4. The highest BCUT2D eigenvalue weighted by Crippen LogP contribution is 2.47. The fourth-order valence-corrected chi connectivity index (χ4v) is 10.6. The molecular weight excluding hydrogens is 896 g/mol. The lowest BCUT2D eigenvalue weighted by Crippen LogP contribution is -2.64. The maximum absolute atomic E-state index is 12.9. The summed E-state index contributed by atoms with van der Waals surface area (Å²) in [5, 5.41) is 50.4. The molecule has 1 rings (SSSR count). The molecule has 6 atom stereocenters. The second-order valence-corrected chi connectivity index (χ2v) is 22.3. The molecule has 0 amide bonds. The lowest BCUT2D eigenvalue weighted by atomic mass is 9.85. The van der Waals surface area contributed by atoms with Crippen LogP contribution in [0.25, 0.3) is 0 Å². The van der Waals surface area contributed by atoms with Gasteiger partial charge >= 0.3 is 13.8 Å². The van der Waals surface area contributed by atoms with Gasteiger partial charge in [-0.2, -0.15) is 0 Å². The van der Waals surface area contributed by atoms with Crippen LogP contribution in [-0.4, -0.2) is 98.9 Å². The Morgan fingerprint density at radius 3 is 1.00 bits per heavy atom. The van der Waals surface area contributed by atoms with E-state index < -0.39 is 63.1 Å². The van der Waals surface area contributed by atoms with Crippen molar-refractivity contribution in [3.63, 3.8) is 0 Å². The van der Waals surface area contributed by atoms with E-state index in [0.717, 1.165) is 38.5 Å². The molecule has 0 aromatic heterocycles. The van der Waals surface area contributed by atoms with Crippen LogP contribution in [0.15, 0.2) is 0 Å². The summed E-state index contributed by atoms with van der Waals surface area (Å²) in [6.07, 6.45) is 41.8. The lowest BCUT2D eigenvalue weighted by Gasteiger charge is -2.41. The molecule has 6 N–H and O–H groups in total. The lowest BCUT2D eigenvalue weighted by molar-refractivity contribution is -0.220. The van der Waals surface area contributed by atoms with Gasteiger partial charge in [-0.3, -0.25) is 13.8 Å². The van der Waals surface area contributed by atoms with E-state index in [1.165, 1.54) is 225 Å². The summed E-state index contributed by atoms with van der Waals surface area (Å²) in [6.45, 7) is 4.35. The Labute approximate surface area is 423 Å². The normalized spacial score (nSPS) is 20.9. The van der Waals surface area contributed by atoms with Gasteiger partial charge in [0, 0.05) is 13.0 Å². The molecule has 0 aromatic rings. The minimum Gasteiger partial charge on any atom is -0.457 e. The van der Waals surface area contributed by atoms with Gasteiger partial charge in [-0.1, -0.05) is 271 Å². The highest BCUT2D eigenvalue weighted by atomic mass is 31.2. The number of carbonyl (C=O) groups is 1. The minimum atomic E-state index is -5.02. The zero-order chi connectivity index (χ0) is 50.5. The molecule has 69 heavy (non-hydrogen) atoms. The van der Waals surface area contributed by atoms with Crippen LogP contribution in [-0.2, 0) is 27.9 Å². The summed E-state index contributed by atoms with van der Waals surface area (Å²) in [6, 6.07) is 0. The summed E-state index contributed by atoms with van der Waals surface area (Å²) >= 11 is 0. The quantitative estimate of drug-likeness (QED) is 0.0192. The Hall–Kier alpha value is -0.660. The van der Waals surface area contributed by atoms with E-state index in [-0.39, 0.29) is 13.0 Å². The van der Waals surface area contributed by atoms with Gasteiger partial charge in [0.1, 0.15) is 42.7 Å². The molecule has 12 nitrogen and oxygen atoms in total. The predicted octanol–water partition coefficient (Wildman–Crippen LogP) is 14.0. The van der Waals surface area contributed by atoms with Crippen LogP contribution in [0, 0.1) is 0 Å². The molecule has 0 spiro atoms. The molecule has 1 saturated carbocycles. The van der Waals surface area contributed by atoms with Crippen molar-refractivity contribution in [1.82, 2.24) is 0 Å². The van der Waals surface area contributed by atoms with Crippen LogP contribution in [0.2, 0.25) is 0 Å². The van der Waals surface area contributed by atoms with Gasteiger partial charge in [-0.25, -0.2) is 4.57 Å².